The van der Waals surface area contributed by atoms with E-state index in [9.17, 15) is 18.4 Å². The van der Waals surface area contributed by atoms with E-state index in [-0.39, 0.29) is 23.7 Å². The van der Waals surface area contributed by atoms with E-state index in [0.29, 0.717) is 0 Å². The second-order valence-electron chi connectivity index (χ2n) is 3.74. The van der Waals surface area contributed by atoms with E-state index in [2.05, 4.69) is 14.8 Å². The van der Waals surface area contributed by atoms with Crippen molar-refractivity contribution in [1.82, 2.24) is 5.32 Å². The molecule has 2 aliphatic rings. The zero-order valence-electron chi connectivity index (χ0n) is 8.78. The van der Waals surface area contributed by atoms with E-state index in [0.717, 1.165) is 4.90 Å². The number of rotatable bonds is 1. The Morgan fingerprint density at radius 1 is 1.22 bits per heavy atom. The Labute approximate surface area is 99.1 Å². The number of hydrogen-bond donors (Lipinski definition) is 1. The molecule has 8 heteroatoms. The van der Waals surface area contributed by atoms with E-state index in [1.54, 1.807) is 0 Å². The molecule has 1 N–H and O–H groups in total. The van der Waals surface area contributed by atoms with Crippen LogP contribution in [0.5, 0.6) is 11.5 Å². The van der Waals surface area contributed by atoms with Crippen molar-refractivity contribution in [3.63, 3.8) is 0 Å². The molecule has 2 heterocycles. The maximum atomic E-state index is 12.8. The van der Waals surface area contributed by atoms with Crippen LogP contribution in [0.2, 0.25) is 0 Å². The quantitative estimate of drug-likeness (QED) is 0.763. The molecule has 1 aromatic carbocycles. The highest BCUT2D eigenvalue weighted by molar-refractivity contribution is 6.12. The van der Waals surface area contributed by atoms with Crippen LogP contribution in [0.25, 0.3) is 0 Å². The van der Waals surface area contributed by atoms with Crippen molar-refractivity contribution in [2.24, 2.45) is 0 Å². The highest BCUT2D eigenvalue weighted by Crippen LogP contribution is 2.42. The number of carbonyl (C=O) groups excluding carboxylic acids is 2. The van der Waals surface area contributed by atoms with Crippen LogP contribution in [0.1, 0.15) is 0 Å². The van der Waals surface area contributed by atoms with E-state index >= 15 is 0 Å². The molecule has 0 bridgehead atoms. The van der Waals surface area contributed by atoms with Crippen LogP contribution in [0.4, 0.5) is 19.3 Å². The van der Waals surface area contributed by atoms with Crippen LogP contribution in [0.3, 0.4) is 0 Å². The number of ether oxygens (including phenoxy) is 2. The maximum Gasteiger partial charge on any atom is 0.586 e. The second-order valence-corrected chi connectivity index (χ2v) is 3.74. The van der Waals surface area contributed by atoms with Crippen molar-refractivity contribution >= 4 is 17.6 Å². The fourth-order valence-corrected chi connectivity index (χ4v) is 1.76. The topological polar surface area (TPSA) is 67.9 Å². The van der Waals surface area contributed by atoms with E-state index in [1.165, 1.54) is 18.2 Å². The smallest absolute Gasteiger partial charge is 0.395 e. The van der Waals surface area contributed by atoms with Gasteiger partial charge in [-0.05, 0) is 12.1 Å². The van der Waals surface area contributed by atoms with E-state index in [1.807, 2.05) is 0 Å². The zero-order chi connectivity index (χ0) is 12.9. The van der Waals surface area contributed by atoms with Crippen LogP contribution in [-0.4, -0.2) is 24.8 Å². The Morgan fingerprint density at radius 3 is 2.61 bits per heavy atom. The van der Waals surface area contributed by atoms with Crippen molar-refractivity contribution in [3.8, 4) is 11.5 Å². The molecule has 2 aliphatic heterocycles. The molecule has 18 heavy (non-hydrogen) atoms. The summed E-state index contributed by atoms with van der Waals surface area (Å²) in [4.78, 5) is 23.5. The van der Waals surface area contributed by atoms with E-state index in [4.69, 9.17) is 0 Å². The molecule has 0 saturated carbocycles. The minimum absolute atomic E-state index is 0.116. The summed E-state index contributed by atoms with van der Waals surface area (Å²) < 4.78 is 34.1. The Kier molecular flexibility index (Phi) is 1.98. The molecule has 0 aliphatic carbocycles. The second kappa shape index (κ2) is 3.31. The molecule has 0 aromatic heterocycles. The molecule has 0 spiro atoms. The fraction of sp³-hybridized carbons (Fsp3) is 0.200. The summed E-state index contributed by atoms with van der Waals surface area (Å²) in [5.74, 6) is -0.748. The average Bonchev–Trinajstić information content (AvgIpc) is 2.74. The van der Waals surface area contributed by atoms with Gasteiger partial charge in [-0.15, -0.1) is 8.78 Å². The first-order valence-electron chi connectivity index (χ1n) is 4.96. The molecule has 6 nitrogen and oxygen atoms in total. The number of halogens is 2. The highest BCUT2D eigenvalue weighted by atomic mass is 19.3. The number of carbonyl (C=O) groups is 2. The van der Waals surface area contributed by atoms with Gasteiger partial charge in [0, 0.05) is 11.8 Å². The van der Waals surface area contributed by atoms with Crippen molar-refractivity contribution in [1.29, 1.82) is 0 Å². The molecule has 3 rings (SSSR count). The number of urea groups is 1. The third-order valence-corrected chi connectivity index (χ3v) is 2.49. The molecule has 1 fully saturated rings. The monoisotopic (exact) mass is 256 g/mol. The van der Waals surface area contributed by atoms with Gasteiger partial charge < -0.3 is 9.47 Å². The maximum absolute atomic E-state index is 12.8. The number of nitrogens with one attached hydrogen (secondary N) is 1. The Balaban J connectivity index is 1.93. The standard InChI is InChI=1S/C10H6F2N2O4/c11-10(12)17-6-2-1-5(3-7(6)18-10)14-4-8(15)13-9(14)16/h1-3H,4H2,(H,13,15,16). The molecule has 1 saturated heterocycles. The fourth-order valence-electron chi connectivity index (χ4n) is 1.76. The Hall–Kier alpha value is -2.38. The number of amides is 3. The number of benzene rings is 1. The first kappa shape index (κ1) is 10.8. The molecule has 0 radical (unpaired) electrons. The van der Waals surface area contributed by atoms with Crippen molar-refractivity contribution < 1.29 is 27.8 Å². The summed E-state index contributed by atoms with van der Waals surface area (Å²) in [6, 6.07) is 3.25. The lowest BCUT2D eigenvalue weighted by Gasteiger charge is -2.13. The van der Waals surface area contributed by atoms with Crippen LogP contribution in [-0.2, 0) is 4.79 Å². The zero-order valence-corrected chi connectivity index (χ0v) is 8.78. The molecule has 0 atom stereocenters. The largest absolute Gasteiger partial charge is 0.586 e. The van der Waals surface area contributed by atoms with E-state index < -0.39 is 18.2 Å². The van der Waals surface area contributed by atoms with Gasteiger partial charge in [-0.2, -0.15) is 0 Å². The summed E-state index contributed by atoms with van der Waals surface area (Å²) in [5.41, 5.74) is 0.276. The van der Waals surface area contributed by atoms with Crippen LogP contribution >= 0.6 is 0 Å². The van der Waals surface area contributed by atoms with Gasteiger partial charge in [0.15, 0.2) is 11.5 Å². The summed E-state index contributed by atoms with van der Waals surface area (Å²) in [7, 11) is 0. The van der Waals surface area contributed by atoms with Crippen LogP contribution in [0.15, 0.2) is 18.2 Å². The van der Waals surface area contributed by atoms with Gasteiger partial charge in [0.2, 0.25) is 5.91 Å². The normalized spacial score (nSPS) is 20.2. The number of nitrogens with zero attached hydrogens (tertiary/aromatic N) is 1. The molecule has 0 unspecified atom stereocenters. The van der Waals surface area contributed by atoms with Crippen LogP contribution in [0, 0.1) is 0 Å². The van der Waals surface area contributed by atoms with Gasteiger partial charge in [0.25, 0.3) is 0 Å². The third-order valence-electron chi connectivity index (χ3n) is 2.49. The molecule has 94 valence electrons. The van der Waals surface area contributed by atoms with Gasteiger partial charge >= 0.3 is 12.3 Å². The lowest BCUT2D eigenvalue weighted by atomic mass is 10.2. The van der Waals surface area contributed by atoms with Crippen LogP contribution < -0.4 is 19.7 Å². The molecule has 3 amide bonds. The summed E-state index contributed by atoms with van der Waals surface area (Å²) in [6.45, 7) is -0.158. The highest BCUT2D eigenvalue weighted by Gasteiger charge is 2.43. The Morgan fingerprint density at radius 2 is 1.94 bits per heavy atom. The summed E-state index contributed by atoms with van der Waals surface area (Å²) in [5, 5.41) is 2.08. The number of fused-ring (bicyclic) bond motifs is 1. The van der Waals surface area contributed by atoms with Crippen molar-refractivity contribution in [2.75, 3.05) is 11.4 Å². The summed E-state index contributed by atoms with van der Waals surface area (Å²) in [6.07, 6.45) is -3.70. The average molecular weight is 256 g/mol. The lowest BCUT2D eigenvalue weighted by Crippen LogP contribution is -2.27. The minimum atomic E-state index is -3.70. The first-order valence-corrected chi connectivity index (χ1v) is 4.96. The Bertz CT molecular complexity index is 561. The molecular weight excluding hydrogens is 250 g/mol. The first-order chi connectivity index (χ1) is 8.44. The van der Waals surface area contributed by atoms with Gasteiger partial charge in [0.1, 0.15) is 6.54 Å². The number of hydrogen-bond acceptors (Lipinski definition) is 4. The van der Waals surface area contributed by atoms with Crippen molar-refractivity contribution in [2.45, 2.75) is 6.29 Å². The summed E-state index contributed by atoms with van der Waals surface area (Å²) >= 11 is 0. The minimum Gasteiger partial charge on any atom is -0.395 e. The molecule has 1 aromatic rings. The predicted molar refractivity (Wildman–Crippen MR) is 53.5 cm³/mol. The van der Waals surface area contributed by atoms with Crippen molar-refractivity contribution in [3.05, 3.63) is 18.2 Å². The number of anilines is 1. The van der Waals surface area contributed by atoms with Gasteiger partial charge in [-0.3, -0.25) is 15.0 Å². The van der Waals surface area contributed by atoms with Gasteiger partial charge in [0.05, 0.1) is 0 Å². The number of alkyl halides is 2. The predicted octanol–water partition coefficient (Wildman–Crippen LogP) is 1.06. The SMILES string of the molecule is O=C1CN(c2ccc3c(c2)OC(F)(F)O3)C(=O)N1. The third kappa shape index (κ3) is 1.62. The number of imide groups is 1. The van der Waals surface area contributed by atoms with Gasteiger partial charge in [-0.25, -0.2) is 4.79 Å². The molecular formula is C10H6F2N2O4. The lowest BCUT2D eigenvalue weighted by molar-refractivity contribution is -0.286. The van der Waals surface area contributed by atoms with Gasteiger partial charge in [-0.1, -0.05) is 0 Å².